The normalized spacial score (nSPS) is 11.5. The van der Waals surface area contributed by atoms with Crippen molar-refractivity contribution >= 4 is 45.6 Å². The minimum atomic E-state index is -0.523. The lowest BCUT2D eigenvalue weighted by Gasteiger charge is -2.19. The minimum absolute atomic E-state index is 0.357. The van der Waals surface area contributed by atoms with Crippen molar-refractivity contribution in [2.45, 2.75) is 33.3 Å². The number of thiophene rings is 1. The number of benzene rings is 1. The molecule has 0 unspecified atom stereocenters. The molecule has 0 saturated carbocycles. The third-order valence-corrected chi connectivity index (χ3v) is 4.94. The Morgan fingerprint density at radius 1 is 1.24 bits per heavy atom. The fourth-order valence-electron chi connectivity index (χ4n) is 1.88. The molecule has 112 valence electrons. The number of nitrogens with two attached hydrogens (primary N) is 1. The van der Waals surface area contributed by atoms with Crippen molar-refractivity contribution in [3.63, 3.8) is 0 Å². The van der Waals surface area contributed by atoms with E-state index in [-0.39, 0.29) is 5.97 Å². The van der Waals surface area contributed by atoms with Crippen LogP contribution in [-0.4, -0.2) is 11.6 Å². The topological polar surface area (TPSA) is 52.3 Å². The molecule has 1 aromatic carbocycles. The molecule has 5 heteroatoms. The van der Waals surface area contributed by atoms with Gasteiger partial charge in [0.2, 0.25) is 0 Å². The zero-order valence-corrected chi connectivity index (χ0v) is 15.5. The summed E-state index contributed by atoms with van der Waals surface area (Å²) in [6.07, 6.45) is 0. The summed E-state index contributed by atoms with van der Waals surface area (Å²) in [6, 6.07) is 8.16. The molecule has 0 aliphatic carbocycles. The zero-order valence-electron chi connectivity index (χ0n) is 12.5. The second kappa shape index (κ2) is 5.96. The molecule has 0 saturated heterocycles. The Morgan fingerprint density at radius 2 is 1.81 bits per heavy atom. The Bertz CT molecular complexity index is 669. The third-order valence-electron chi connectivity index (χ3n) is 2.88. The van der Waals surface area contributed by atoms with Gasteiger partial charge in [0.05, 0.1) is 5.69 Å². The van der Waals surface area contributed by atoms with Crippen LogP contribution in [0.15, 0.2) is 24.3 Å². The maximum Gasteiger partial charge on any atom is 0.351 e. The standard InChI is InChI=1S/C16H18INO2S/c1-9-12(18)14(15(19)20-16(2,3)4)21-13(9)10-5-7-11(17)8-6-10/h5-8H,18H2,1-4H3. The summed E-state index contributed by atoms with van der Waals surface area (Å²) >= 11 is 3.66. The van der Waals surface area contributed by atoms with Crippen molar-refractivity contribution in [1.82, 2.24) is 0 Å². The average Bonchev–Trinajstić information content (AvgIpc) is 2.66. The lowest BCUT2D eigenvalue weighted by Crippen LogP contribution is -2.23. The van der Waals surface area contributed by atoms with Crippen molar-refractivity contribution in [3.8, 4) is 10.4 Å². The van der Waals surface area contributed by atoms with Crippen LogP contribution in [0.2, 0.25) is 0 Å². The zero-order chi connectivity index (χ0) is 15.8. The maximum absolute atomic E-state index is 12.2. The quantitative estimate of drug-likeness (QED) is 0.563. The van der Waals surface area contributed by atoms with Crippen LogP contribution in [0.4, 0.5) is 5.69 Å². The molecule has 2 rings (SSSR count). The first-order valence-electron chi connectivity index (χ1n) is 6.57. The van der Waals surface area contributed by atoms with Gasteiger partial charge in [0.1, 0.15) is 10.5 Å². The van der Waals surface area contributed by atoms with E-state index >= 15 is 0 Å². The molecule has 0 aliphatic rings. The predicted molar refractivity (Wildman–Crippen MR) is 96.8 cm³/mol. The summed E-state index contributed by atoms with van der Waals surface area (Å²) in [7, 11) is 0. The molecule has 2 N–H and O–H groups in total. The minimum Gasteiger partial charge on any atom is -0.456 e. The van der Waals surface area contributed by atoms with E-state index in [2.05, 4.69) is 22.6 Å². The molecule has 0 amide bonds. The number of rotatable bonds is 2. The lowest BCUT2D eigenvalue weighted by molar-refractivity contribution is 0.00763. The number of carbonyl (C=O) groups excluding carboxylic acids is 1. The number of carbonyl (C=O) groups is 1. The first-order valence-corrected chi connectivity index (χ1v) is 8.46. The van der Waals surface area contributed by atoms with Gasteiger partial charge >= 0.3 is 5.97 Å². The average molecular weight is 415 g/mol. The van der Waals surface area contributed by atoms with Crippen molar-refractivity contribution in [2.75, 3.05) is 5.73 Å². The summed E-state index contributed by atoms with van der Waals surface area (Å²) in [5, 5.41) is 0. The summed E-state index contributed by atoms with van der Waals surface area (Å²) < 4.78 is 6.59. The van der Waals surface area contributed by atoms with E-state index in [0.717, 1.165) is 16.0 Å². The van der Waals surface area contributed by atoms with E-state index in [1.54, 1.807) is 0 Å². The van der Waals surface area contributed by atoms with Crippen molar-refractivity contribution < 1.29 is 9.53 Å². The van der Waals surface area contributed by atoms with Crippen molar-refractivity contribution in [1.29, 1.82) is 0 Å². The van der Waals surface area contributed by atoms with Crippen LogP contribution in [0.5, 0.6) is 0 Å². The number of hydrogen-bond donors (Lipinski definition) is 1. The molecule has 3 nitrogen and oxygen atoms in total. The molecule has 0 atom stereocenters. The molecule has 1 aromatic heterocycles. The monoisotopic (exact) mass is 415 g/mol. The van der Waals surface area contributed by atoms with E-state index in [0.29, 0.717) is 10.6 Å². The second-order valence-electron chi connectivity index (χ2n) is 5.81. The van der Waals surface area contributed by atoms with Gasteiger partial charge in [-0.15, -0.1) is 11.3 Å². The number of hydrogen-bond acceptors (Lipinski definition) is 4. The summed E-state index contributed by atoms with van der Waals surface area (Å²) in [5.41, 5.74) is 8.09. The maximum atomic E-state index is 12.2. The van der Waals surface area contributed by atoms with Crippen LogP contribution in [0.1, 0.15) is 36.0 Å². The Morgan fingerprint density at radius 3 is 2.33 bits per heavy atom. The van der Waals surface area contributed by atoms with Crippen LogP contribution < -0.4 is 5.73 Å². The highest BCUT2D eigenvalue weighted by Crippen LogP contribution is 2.39. The molecule has 0 fully saturated rings. The van der Waals surface area contributed by atoms with Crippen LogP contribution in [0.3, 0.4) is 0 Å². The number of halogens is 1. The lowest BCUT2D eigenvalue weighted by atomic mass is 10.1. The van der Waals surface area contributed by atoms with Crippen LogP contribution >= 0.6 is 33.9 Å². The van der Waals surface area contributed by atoms with Gasteiger partial charge in [-0.3, -0.25) is 0 Å². The SMILES string of the molecule is Cc1c(-c2ccc(I)cc2)sc(C(=O)OC(C)(C)C)c1N. The van der Waals surface area contributed by atoms with Gasteiger partial charge in [-0.2, -0.15) is 0 Å². The first-order chi connectivity index (χ1) is 9.69. The summed E-state index contributed by atoms with van der Waals surface area (Å²) in [5.74, 6) is -0.357. The smallest absolute Gasteiger partial charge is 0.351 e. The number of ether oxygens (including phenoxy) is 1. The van der Waals surface area contributed by atoms with Crippen LogP contribution in [0.25, 0.3) is 10.4 Å². The predicted octanol–water partition coefficient (Wildman–Crippen LogP) is 4.87. The van der Waals surface area contributed by atoms with E-state index < -0.39 is 5.60 Å². The molecule has 2 aromatic rings. The van der Waals surface area contributed by atoms with E-state index in [1.807, 2.05) is 52.0 Å². The van der Waals surface area contributed by atoms with E-state index in [4.69, 9.17) is 10.5 Å². The highest BCUT2D eigenvalue weighted by Gasteiger charge is 2.24. The van der Waals surface area contributed by atoms with Gasteiger partial charge in [-0.05, 0) is 73.5 Å². The van der Waals surface area contributed by atoms with Crippen LogP contribution in [0, 0.1) is 10.5 Å². The molecule has 21 heavy (non-hydrogen) atoms. The first kappa shape index (κ1) is 16.3. The molecule has 0 bridgehead atoms. The fraction of sp³-hybridized carbons (Fsp3) is 0.312. The third kappa shape index (κ3) is 3.77. The Labute approximate surface area is 142 Å². The Balaban J connectivity index is 2.41. The second-order valence-corrected chi connectivity index (χ2v) is 8.07. The van der Waals surface area contributed by atoms with Crippen molar-refractivity contribution in [3.05, 3.63) is 38.3 Å². The fourth-order valence-corrected chi connectivity index (χ4v) is 3.35. The molecule has 0 radical (unpaired) electrons. The Kier molecular flexibility index (Phi) is 4.63. The van der Waals surface area contributed by atoms with Gasteiger partial charge in [-0.1, -0.05) is 12.1 Å². The number of esters is 1. The molecule has 1 heterocycles. The molecule has 0 spiro atoms. The van der Waals surface area contributed by atoms with Crippen molar-refractivity contribution in [2.24, 2.45) is 0 Å². The van der Waals surface area contributed by atoms with E-state index in [1.165, 1.54) is 14.9 Å². The highest BCUT2D eigenvalue weighted by molar-refractivity contribution is 14.1. The van der Waals surface area contributed by atoms with Gasteiger partial charge in [0.15, 0.2) is 0 Å². The van der Waals surface area contributed by atoms with Gasteiger partial charge in [-0.25, -0.2) is 4.79 Å². The Hall–Kier alpha value is -1.08. The molecular weight excluding hydrogens is 397 g/mol. The molecule has 0 aliphatic heterocycles. The highest BCUT2D eigenvalue weighted by atomic mass is 127. The largest absolute Gasteiger partial charge is 0.456 e. The van der Waals surface area contributed by atoms with E-state index in [9.17, 15) is 4.79 Å². The van der Waals surface area contributed by atoms with Crippen LogP contribution in [-0.2, 0) is 4.74 Å². The molecular formula is C16H18INO2S. The summed E-state index contributed by atoms with van der Waals surface area (Å²) in [6.45, 7) is 7.48. The van der Waals surface area contributed by atoms with Gasteiger partial charge < -0.3 is 10.5 Å². The summed E-state index contributed by atoms with van der Waals surface area (Å²) in [4.78, 5) is 13.7. The number of anilines is 1. The van der Waals surface area contributed by atoms with Gasteiger partial charge in [0.25, 0.3) is 0 Å². The number of nitrogen functional groups attached to an aromatic ring is 1. The van der Waals surface area contributed by atoms with Gasteiger partial charge in [0, 0.05) is 8.45 Å².